The highest BCUT2D eigenvalue weighted by atomic mass is 15.1. The number of fused-ring (bicyclic) bond motifs is 3. The second-order valence-electron chi connectivity index (χ2n) is 10.8. The fraction of sp³-hybridized carbons (Fsp3) is 0. The van der Waals surface area contributed by atoms with Crippen molar-refractivity contribution in [1.82, 2.24) is 4.98 Å². The second-order valence-corrected chi connectivity index (χ2v) is 10.8. The summed E-state index contributed by atoms with van der Waals surface area (Å²) in [5.74, 6) is 0. The van der Waals surface area contributed by atoms with E-state index in [9.17, 15) is 0 Å². The number of aromatic nitrogens is 1. The summed E-state index contributed by atoms with van der Waals surface area (Å²) < 4.78 is 0. The van der Waals surface area contributed by atoms with Crippen LogP contribution in [0.3, 0.4) is 0 Å². The van der Waals surface area contributed by atoms with Gasteiger partial charge in [-0.1, -0.05) is 121 Å². The molecule has 0 N–H and O–H groups in total. The van der Waals surface area contributed by atoms with Gasteiger partial charge in [-0.3, -0.25) is 4.98 Å². The van der Waals surface area contributed by atoms with Crippen LogP contribution in [0.4, 0.5) is 17.1 Å². The van der Waals surface area contributed by atoms with Crippen LogP contribution in [-0.4, -0.2) is 4.98 Å². The molecule has 2 nitrogen and oxygen atoms in total. The van der Waals surface area contributed by atoms with Crippen molar-refractivity contribution in [2.75, 3.05) is 4.90 Å². The molecule has 202 valence electrons. The Hall–Kier alpha value is -5.73. The highest BCUT2D eigenvalue weighted by Gasteiger charge is 2.19. The molecule has 1 heterocycles. The molecule has 0 saturated heterocycles. The Kier molecular flexibility index (Phi) is 6.16. The van der Waals surface area contributed by atoms with Crippen LogP contribution in [0.15, 0.2) is 170 Å². The van der Waals surface area contributed by atoms with E-state index in [2.05, 4.69) is 169 Å². The molecule has 2 heteroatoms. The van der Waals surface area contributed by atoms with E-state index >= 15 is 0 Å². The number of pyridine rings is 1. The lowest BCUT2D eigenvalue weighted by Crippen LogP contribution is -2.09. The lowest BCUT2D eigenvalue weighted by molar-refractivity contribution is 1.28. The quantitative estimate of drug-likeness (QED) is 0.199. The topological polar surface area (TPSA) is 16.1 Å². The summed E-state index contributed by atoms with van der Waals surface area (Å²) in [6, 6.07) is 58.2. The Morgan fingerprint density at radius 3 is 1.35 bits per heavy atom. The van der Waals surface area contributed by atoms with Crippen molar-refractivity contribution in [1.29, 1.82) is 0 Å². The van der Waals surface area contributed by atoms with Gasteiger partial charge in [-0.2, -0.15) is 0 Å². The summed E-state index contributed by atoms with van der Waals surface area (Å²) in [6.45, 7) is 0. The molecule has 0 fully saturated rings. The number of nitrogens with zero attached hydrogens (tertiary/aromatic N) is 2. The number of para-hydroxylation sites is 2. The van der Waals surface area contributed by atoms with E-state index in [4.69, 9.17) is 4.98 Å². The van der Waals surface area contributed by atoms with Crippen LogP contribution in [0.5, 0.6) is 0 Å². The summed E-state index contributed by atoms with van der Waals surface area (Å²) in [4.78, 5) is 7.26. The maximum atomic E-state index is 4.96. The van der Waals surface area contributed by atoms with Crippen molar-refractivity contribution >= 4 is 49.4 Å². The van der Waals surface area contributed by atoms with Gasteiger partial charge in [0.2, 0.25) is 0 Å². The van der Waals surface area contributed by atoms with Gasteiger partial charge in [-0.15, -0.1) is 0 Å². The highest BCUT2D eigenvalue weighted by Crippen LogP contribution is 2.45. The minimum Gasteiger partial charge on any atom is -0.311 e. The smallest absolute Gasteiger partial charge is 0.0792 e. The Bertz CT molecular complexity index is 2120. The normalized spacial score (nSPS) is 11.3. The summed E-state index contributed by atoms with van der Waals surface area (Å²) >= 11 is 0. The van der Waals surface area contributed by atoms with Crippen LogP contribution in [0.25, 0.3) is 54.7 Å². The van der Waals surface area contributed by atoms with Gasteiger partial charge < -0.3 is 4.90 Å². The van der Waals surface area contributed by atoms with Gasteiger partial charge in [0.1, 0.15) is 0 Å². The van der Waals surface area contributed by atoms with E-state index in [0.29, 0.717) is 0 Å². The molecule has 0 bridgehead atoms. The first-order chi connectivity index (χ1) is 21.4. The van der Waals surface area contributed by atoms with Crippen LogP contribution < -0.4 is 4.90 Å². The van der Waals surface area contributed by atoms with Crippen molar-refractivity contribution in [3.05, 3.63) is 170 Å². The Labute approximate surface area is 251 Å². The zero-order chi connectivity index (χ0) is 28.6. The van der Waals surface area contributed by atoms with E-state index in [0.717, 1.165) is 22.8 Å². The fourth-order valence-corrected chi connectivity index (χ4v) is 6.39. The number of hydrogen-bond donors (Lipinski definition) is 0. The second kappa shape index (κ2) is 10.6. The zero-order valence-corrected chi connectivity index (χ0v) is 23.6. The summed E-state index contributed by atoms with van der Waals surface area (Å²) in [7, 11) is 0. The first kappa shape index (κ1) is 25.0. The largest absolute Gasteiger partial charge is 0.311 e. The molecular weight excluding hydrogens is 520 g/mol. The maximum absolute atomic E-state index is 4.96. The van der Waals surface area contributed by atoms with Gasteiger partial charge >= 0.3 is 0 Å². The van der Waals surface area contributed by atoms with Crippen LogP contribution in [0.2, 0.25) is 0 Å². The molecule has 8 rings (SSSR count). The molecule has 8 aromatic rings. The molecule has 43 heavy (non-hydrogen) atoms. The SMILES string of the molecule is c1ccc(N(c2ccccc2)c2ccc(-c3c4ccccc4c(-c4nccc5ccccc45)c4ccccc34)cc2)cc1. The molecule has 0 radical (unpaired) electrons. The molecular formula is C41H28N2. The van der Waals surface area contributed by atoms with Crippen LogP contribution in [0, 0.1) is 0 Å². The van der Waals surface area contributed by atoms with Crippen molar-refractivity contribution in [2.45, 2.75) is 0 Å². The molecule has 0 unspecified atom stereocenters. The lowest BCUT2D eigenvalue weighted by atomic mass is 9.86. The average molecular weight is 549 g/mol. The van der Waals surface area contributed by atoms with E-state index in [1.807, 2.05) is 6.20 Å². The van der Waals surface area contributed by atoms with Gasteiger partial charge in [-0.25, -0.2) is 0 Å². The Morgan fingerprint density at radius 1 is 0.349 bits per heavy atom. The van der Waals surface area contributed by atoms with Gasteiger partial charge in [0.15, 0.2) is 0 Å². The molecule has 0 amide bonds. The minimum absolute atomic E-state index is 1.02. The van der Waals surface area contributed by atoms with Crippen molar-refractivity contribution < 1.29 is 0 Å². The van der Waals surface area contributed by atoms with E-state index < -0.39 is 0 Å². The Morgan fingerprint density at radius 2 is 0.791 bits per heavy atom. The summed E-state index contributed by atoms with van der Waals surface area (Å²) in [5.41, 5.74) is 8.01. The van der Waals surface area contributed by atoms with Gasteiger partial charge in [0, 0.05) is 34.2 Å². The lowest BCUT2D eigenvalue weighted by Gasteiger charge is -2.25. The number of rotatable bonds is 5. The Balaban J connectivity index is 1.35. The molecule has 7 aromatic carbocycles. The van der Waals surface area contributed by atoms with Crippen molar-refractivity contribution in [2.24, 2.45) is 0 Å². The first-order valence-electron chi connectivity index (χ1n) is 14.6. The minimum atomic E-state index is 1.02. The molecule has 0 spiro atoms. The molecule has 0 aliphatic rings. The van der Waals surface area contributed by atoms with Gasteiger partial charge in [-0.05, 0) is 80.5 Å². The van der Waals surface area contributed by atoms with E-state index in [-0.39, 0.29) is 0 Å². The van der Waals surface area contributed by atoms with Gasteiger partial charge in [0.05, 0.1) is 5.69 Å². The molecule has 1 aromatic heterocycles. The molecule has 0 atom stereocenters. The van der Waals surface area contributed by atoms with Gasteiger partial charge in [0.25, 0.3) is 0 Å². The highest BCUT2D eigenvalue weighted by molar-refractivity contribution is 6.23. The summed E-state index contributed by atoms with van der Waals surface area (Å²) in [5, 5.41) is 7.23. The van der Waals surface area contributed by atoms with Crippen molar-refractivity contribution in [3.8, 4) is 22.4 Å². The van der Waals surface area contributed by atoms with E-state index in [1.54, 1.807) is 0 Å². The monoisotopic (exact) mass is 548 g/mol. The standard InChI is InChI=1S/C41H28N2/c1-3-14-31(15-4-1)43(32-16-5-2-6-17-32)33-25-23-30(24-26-33)39-35-19-9-11-21-37(35)40(38-22-12-10-20-36(38)39)41-34-18-8-7-13-29(34)27-28-42-41/h1-28H. The molecule has 0 aliphatic carbocycles. The van der Waals surface area contributed by atoms with E-state index in [1.165, 1.54) is 49.0 Å². The third kappa shape index (κ3) is 4.32. The third-order valence-electron chi connectivity index (χ3n) is 8.28. The predicted molar refractivity (Wildman–Crippen MR) is 182 cm³/mol. The van der Waals surface area contributed by atoms with Crippen LogP contribution >= 0.6 is 0 Å². The maximum Gasteiger partial charge on any atom is 0.0792 e. The number of anilines is 3. The van der Waals surface area contributed by atoms with Crippen molar-refractivity contribution in [3.63, 3.8) is 0 Å². The molecule has 0 saturated carbocycles. The number of benzene rings is 7. The predicted octanol–water partition coefficient (Wildman–Crippen LogP) is 11.3. The zero-order valence-electron chi connectivity index (χ0n) is 23.6. The third-order valence-corrected chi connectivity index (χ3v) is 8.28. The van der Waals surface area contributed by atoms with Crippen LogP contribution in [-0.2, 0) is 0 Å². The summed E-state index contributed by atoms with van der Waals surface area (Å²) in [6.07, 6.45) is 1.93. The molecule has 0 aliphatic heterocycles. The average Bonchev–Trinajstić information content (AvgIpc) is 3.08. The van der Waals surface area contributed by atoms with Crippen LogP contribution in [0.1, 0.15) is 0 Å². The fourth-order valence-electron chi connectivity index (χ4n) is 6.39. The first-order valence-corrected chi connectivity index (χ1v) is 14.6. The number of hydrogen-bond acceptors (Lipinski definition) is 2.